The van der Waals surface area contributed by atoms with Gasteiger partial charge in [-0.1, -0.05) is 109 Å². The molecule has 0 saturated heterocycles. The number of benzene rings is 1. The third kappa shape index (κ3) is 4.73. The molecule has 0 atom stereocenters. The second kappa shape index (κ2) is 8.94. The Bertz CT molecular complexity index is 514. The topological polar surface area (TPSA) is 0 Å². The van der Waals surface area contributed by atoms with Gasteiger partial charge in [-0.25, -0.2) is 0 Å². The Morgan fingerprint density at radius 2 is 1.12 bits per heavy atom. The van der Waals surface area contributed by atoms with E-state index in [2.05, 4.69) is 45.0 Å². The molecule has 0 aromatic heterocycles. The molecule has 3 rings (SSSR count). The first kappa shape index (κ1) is 20.0. The van der Waals surface area contributed by atoms with E-state index < -0.39 is 0 Å². The number of hydrogen-bond donors (Lipinski definition) is 0. The molecule has 0 unspecified atom stereocenters. The lowest BCUT2D eigenvalue weighted by atomic mass is 9.60. The highest BCUT2D eigenvalue weighted by molar-refractivity contribution is 5.33. The van der Waals surface area contributed by atoms with E-state index in [1.807, 2.05) is 0 Å². The van der Waals surface area contributed by atoms with Gasteiger partial charge in [-0.15, -0.1) is 0 Å². The van der Waals surface area contributed by atoms with Crippen molar-refractivity contribution in [3.63, 3.8) is 0 Å². The summed E-state index contributed by atoms with van der Waals surface area (Å²) in [6.45, 7) is 7.01. The van der Waals surface area contributed by atoms with Gasteiger partial charge in [0.1, 0.15) is 0 Å². The molecule has 0 nitrogen and oxygen atoms in total. The maximum atomic E-state index is 2.53. The molecule has 0 bridgehead atoms. The monoisotopic (exact) mass is 354 g/mol. The molecule has 0 aliphatic heterocycles. The molecular weight excluding hydrogens is 312 g/mol. The van der Waals surface area contributed by atoms with Crippen LogP contribution in [0, 0.1) is 5.92 Å². The lowest BCUT2D eigenvalue weighted by Gasteiger charge is -2.44. The molecule has 2 saturated carbocycles. The molecule has 0 spiro atoms. The van der Waals surface area contributed by atoms with E-state index in [0.717, 1.165) is 5.92 Å². The van der Waals surface area contributed by atoms with Crippen molar-refractivity contribution in [3.05, 3.63) is 35.4 Å². The Morgan fingerprint density at radius 1 is 0.654 bits per heavy atom. The molecule has 1 aromatic carbocycles. The molecule has 146 valence electrons. The van der Waals surface area contributed by atoms with Crippen molar-refractivity contribution in [3.8, 4) is 0 Å². The van der Waals surface area contributed by atoms with Crippen LogP contribution in [0.1, 0.15) is 122 Å². The fourth-order valence-corrected chi connectivity index (χ4v) is 5.78. The minimum absolute atomic E-state index is 0.257. The minimum Gasteiger partial charge on any atom is -0.0582 e. The van der Waals surface area contributed by atoms with Gasteiger partial charge in [0, 0.05) is 0 Å². The minimum atomic E-state index is 0.257. The van der Waals surface area contributed by atoms with Crippen molar-refractivity contribution >= 4 is 0 Å². The summed E-state index contributed by atoms with van der Waals surface area (Å²) in [5.41, 5.74) is 3.89. The fraction of sp³-hybridized carbons (Fsp3) is 0.769. The first-order valence-electron chi connectivity index (χ1n) is 11.6. The Labute approximate surface area is 163 Å². The van der Waals surface area contributed by atoms with Crippen LogP contribution in [-0.4, -0.2) is 0 Å². The second-order valence-corrected chi connectivity index (χ2v) is 10.3. The zero-order valence-electron chi connectivity index (χ0n) is 17.8. The van der Waals surface area contributed by atoms with Crippen LogP contribution in [0.2, 0.25) is 0 Å². The summed E-state index contributed by atoms with van der Waals surface area (Å²) in [5.74, 6) is 0.918. The molecule has 26 heavy (non-hydrogen) atoms. The maximum absolute atomic E-state index is 2.53. The van der Waals surface area contributed by atoms with Crippen molar-refractivity contribution in [2.24, 2.45) is 5.92 Å². The molecule has 2 aliphatic carbocycles. The van der Waals surface area contributed by atoms with Crippen LogP contribution in [0.25, 0.3) is 0 Å². The Morgan fingerprint density at radius 3 is 1.62 bits per heavy atom. The standard InChI is InChI=1S/C26H42/c1-25(2,3)22-16-18-24(19-17-22)26(20-12-8-5-9-13-21-26)23-14-10-6-4-7-11-15-23/h16-19,23H,4-15,20-21H2,1-3H3. The van der Waals surface area contributed by atoms with Crippen molar-refractivity contribution in [2.45, 2.75) is 121 Å². The van der Waals surface area contributed by atoms with Crippen LogP contribution in [0.5, 0.6) is 0 Å². The van der Waals surface area contributed by atoms with Crippen molar-refractivity contribution in [2.75, 3.05) is 0 Å². The van der Waals surface area contributed by atoms with E-state index >= 15 is 0 Å². The van der Waals surface area contributed by atoms with Crippen molar-refractivity contribution in [1.29, 1.82) is 0 Å². The van der Waals surface area contributed by atoms with E-state index in [1.54, 1.807) is 5.56 Å². The first-order chi connectivity index (χ1) is 12.5. The third-order valence-electron chi connectivity index (χ3n) is 7.46. The highest BCUT2D eigenvalue weighted by atomic mass is 14.4. The molecule has 2 fully saturated rings. The summed E-state index contributed by atoms with van der Waals surface area (Å²) in [6, 6.07) is 9.94. The molecule has 2 aliphatic rings. The Balaban J connectivity index is 1.93. The van der Waals surface area contributed by atoms with Gasteiger partial charge >= 0.3 is 0 Å². The van der Waals surface area contributed by atoms with Crippen LogP contribution in [0.3, 0.4) is 0 Å². The van der Waals surface area contributed by atoms with Gasteiger partial charge in [0.15, 0.2) is 0 Å². The van der Waals surface area contributed by atoms with Gasteiger partial charge in [0.25, 0.3) is 0 Å². The zero-order valence-corrected chi connectivity index (χ0v) is 17.8. The highest BCUT2D eigenvalue weighted by Gasteiger charge is 2.39. The van der Waals surface area contributed by atoms with Crippen molar-refractivity contribution in [1.82, 2.24) is 0 Å². The average Bonchev–Trinajstić information content (AvgIpc) is 2.55. The van der Waals surface area contributed by atoms with Crippen LogP contribution >= 0.6 is 0 Å². The number of rotatable bonds is 2. The van der Waals surface area contributed by atoms with Crippen LogP contribution in [0.15, 0.2) is 24.3 Å². The lowest BCUT2D eigenvalue weighted by Crippen LogP contribution is -2.37. The summed E-state index contributed by atoms with van der Waals surface area (Å²) in [7, 11) is 0. The third-order valence-corrected chi connectivity index (χ3v) is 7.46. The van der Waals surface area contributed by atoms with Crippen LogP contribution < -0.4 is 0 Å². The fourth-order valence-electron chi connectivity index (χ4n) is 5.78. The van der Waals surface area contributed by atoms with Crippen molar-refractivity contribution < 1.29 is 0 Å². The average molecular weight is 355 g/mol. The van der Waals surface area contributed by atoms with E-state index in [-0.39, 0.29) is 5.41 Å². The van der Waals surface area contributed by atoms with E-state index in [1.165, 1.54) is 95.5 Å². The summed E-state index contributed by atoms with van der Waals surface area (Å²) in [4.78, 5) is 0. The normalized spacial score (nSPS) is 23.5. The summed E-state index contributed by atoms with van der Waals surface area (Å²) in [5, 5.41) is 0. The van der Waals surface area contributed by atoms with E-state index in [9.17, 15) is 0 Å². The zero-order chi connectivity index (χ0) is 18.5. The second-order valence-electron chi connectivity index (χ2n) is 10.3. The summed E-state index contributed by atoms with van der Waals surface area (Å²) >= 11 is 0. The van der Waals surface area contributed by atoms with Gasteiger partial charge in [0.05, 0.1) is 0 Å². The Hall–Kier alpha value is -0.780. The van der Waals surface area contributed by atoms with Gasteiger partial charge in [-0.05, 0) is 53.6 Å². The van der Waals surface area contributed by atoms with Crippen LogP contribution in [-0.2, 0) is 10.8 Å². The molecule has 0 heteroatoms. The molecule has 0 amide bonds. The predicted molar refractivity (Wildman–Crippen MR) is 115 cm³/mol. The smallest absolute Gasteiger partial charge is 0.00187 e. The maximum Gasteiger partial charge on any atom is -0.00187 e. The lowest BCUT2D eigenvalue weighted by molar-refractivity contribution is 0.171. The predicted octanol–water partition coefficient (Wildman–Crippen LogP) is 8.33. The molecular formula is C26H42. The SMILES string of the molecule is CC(C)(C)c1ccc(C2(C3CCCCCCC3)CCCCCCC2)cc1. The molecule has 0 N–H and O–H groups in total. The largest absolute Gasteiger partial charge is 0.0582 e. The molecule has 0 heterocycles. The van der Waals surface area contributed by atoms with Gasteiger partial charge in [-0.3, -0.25) is 0 Å². The van der Waals surface area contributed by atoms with Gasteiger partial charge in [0.2, 0.25) is 0 Å². The van der Waals surface area contributed by atoms with E-state index in [0.29, 0.717) is 5.41 Å². The summed E-state index contributed by atoms with van der Waals surface area (Å²) in [6.07, 6.45) is 20.4. The van der Waals surface area contributed by atoms with Gasteiger partial charge < -0.3 is 0 Å². The summed E-state index contributed by atoms with van der Waals surface area (Å²) < 4.78 is 0. The highest BCUT2D eigenvalue weighted by Crippen LogP contribution is 2.48. The molecule has 0 radical (unpaired) electrons. The first-order valence-corrected chi connectivity index (χ1v) is 11.6. The van der Waals surface area contributed by atoms with Gasteiger partial charge in [-0.2, -0.15) is 0 Å². The van der Waals surface area contributed by atoms with E-state index in [4.69, 9.17) is 0 Å². The molecule has 1 aromatic rings. The quantitative estimate of drug-likeness (QED) is 0.500. The Kier molecular flexibility index (Phi) is 6.87. The van der Waals surface area contributed by atoms with Crippen LogP contribution in [0.4, 0.5) is 0 Å². The number of hydrogen-bond acceptors (Lipinski definition) is 0.